The van der Waals surface area contributed by atoms with Gasteiger partial charge >= 0.3 is 0 Å². The first-order valence-electron chi connectivity index (χ1n) is 6.56. The standard InChI is InChI=1S/C15H18FNO2S/c1-8(7-9(2)18)17-15(19)14-10(3)13-11(16)5-4-6-12(13)20-14/h4-6,8-9,18H,7H2,1-3H3,(H,17,19). The highest BCUT2D eigenvalue weighted by molar-refractivity contribution is 7.21. The molecule has 0 aliphatic carbocycles. The van der Waals surface area contributed by atoms with Crippen LogP contribution >= 0.6 is 11.3 Å². The van der Waals surface area contributed by atoms with E-state index in [0.717, 1.165) is 4.70 Å². The summed E-state index contributed by atoms with van der Waals surface area (Å²) >= 11 is 1.29. The molecule has 2 rings (SSSR count). The number of rotatable bonds is 4. The molecule has 0 fully saturated rings. The fourth-order valence-electron chi connectivity index (χ4n) is 2.33. The number of fused-ring (bicyclic) bond motifs is 1. The number of thiophene rings is 1. The van der Waals surface area contributed by atoms with Gasteiger partial charge in [-0.1, -0.05) is 6.07 Å². The Bertz CT molecular complexity index is 636. The fourth-order valence-corrected chi connectivity index (χ4v) is 3.46. The third-order valence-electron chi connectivity index (χ3n) is 3.18. The molecule has 0 saturated carbocycles. The van der Waals surface area contributed by atoms with Crippen LogP contribution in [0.5, 0.6) is 0 Å². The van der Waals surface area contributed by atoms with Gasteiger partial charge in [0, 0.05) is 16.1 Å². The van der Waals surface area contributed by atoms with Gasteiger partial charge in [-0.25, -0.2) is 4.39 Å². The number of benzene rings is 1. The number of aliphatic hydroxyl groups excluding tert-OH is 1. The molecule has 0 bridgehead atoms. The summed E-state index contributed by atoms with van der Waals surface area (Å²) in [6, 6.07) is 4.73. The van der Waals surface area contributed by atoms with Crippen LogP contribution in [0.3, 0.4) is 0 Å². The zero-order chi connectivity index (χ0) is 14.9. The molecule has 108 valence electrons. The number of aryl methyl sites for hydroxylation is 1. The maximum absolute atomic E-state index is 13.8. The summed E-state index contributed by atoms with van der Waals surface area (Å²) in [6.45, 7) is 5.28. The molecule has 0 radical (unpaired) electrons. The summed E-state index contributed by atoms with van der Waals surface area (Å²) in [5.41, 5.74) is 0.671. The van der Waals surface area contributed by atoms with Crippen molar-refractivity contribution in [2.45, 2.75) is 39.3 Å². The number of halogens is 1. The van der Waals surface area contributed by atoms with Crippen molar-refractivity contribution in [3.8, 4) is 0 Å². The Balaban J connectivity index is 2.27. The largest absolute Gasteiger partial charge is 0.393 e. The molecule has 1 heterocycles. The first kappa shape index (κ1) is 14.9. The highest BCUT2D eigenvalue weighted by atomic mass is 32.1. The van der Waals surface area contributed by atoms with Gasteiger partial charge < -0.3 is 10.4 Å². The van der Waals surface area contributed by atoms with Gasteiger partial charge in [-0.15, -0.1) is 11.3 Å². The molecule has 1 amide bonds. The van der Waals surface area contributed by atoms with E-state index in [1.807, 2.05) is 13.0 Å². The van der Waals surface area contributed by atoms with Gasteiger partial charge in [0.2, 0.25) is 0 Å². The molecular formula is C15H18FNO2S. The molecule has 5 heteroatoms. The van der Waals surface area contributed by atoms with Gasteiger partial charge in [-0.05, 0) is 44.9 Å². The van der Waals surface area contributed by atoms with Crippen LogP contribution in [0.25, 0.3) is 10.1 Å². The molecule has 0 aliphatic rings. The maximum atomic E-state index is 13.8. The van der Waals surface area contributed by atoms with Crippen molar-refractivity contribution in [2.75, 3.05) is 0 Å². The number of hydrogen-bond acceptors (Lipinski definition) is 3. The Labute approximate surface area is 121 Å². The molecule has 1 aromatic heterocycles. The minimum Gasteiger partial charge on any atom is -0.393 e. The Hall–Kier alpha value is -1.46. The van der Waals surface area contributed by atoms with E-state index in [9.17, 15) is 14.3 Å². The van der Waals surface area contributed by atoms with E-state index >= 15 is 0 Å². The van der Waals surface area contributed by atoms with Crippen LogP contribution in [0.1, 0.15) is 35.5 Å². The average molecular weight is 295 g/mol. The van der Waals surface area contributed by atoms with Gasteiger partial charge in [0.1, 0.15) is 5.82 Å². The average Bonchev–Trinajstić information content (AvgIpc) is 2.67. The van der Waals surface area contributed by atoms with Crippen LogP contribution in [-0.4, -0.2) is 23.2 Å². The molecule has 0 aliphatic heterocycles. The van der Waals surface area contributed by atoms with Gasteiger partial charge in [0.25, 0.3) is 5.91 Å². The van der Waals surface area contributed by atoms with Crippen LogP contribution in [0.2, 0.25) is 0 Å². The van der Waals surface area contributed by atoms with Crippen molar-refractivity contribution >= 4 is 27.3 Å². The fraction of sp³-hybridized carbons (Fsp3) is 0.400. The van der Waals surface area contributed by atoms with Crippen LogP contribution in [-0.2, 0) is 0 Å². The second kappa shape index (κ2) is 5.89. The molecule has 3 nitrogen and oxygen atoms in total. The van der Waals surface area contributed by atoms with Crippen molar-refractivity contribution in [1.82, 2.24) is 5.32 Å². The normalized spacial score (nSPS) is 14.2. The number of aliphatic hydroxyl groups is 1. The summed E-state index contributed by atoms with van der Waals surface area (Å²) in [5.74, 6) is -0.511. The molecule has 2 N–H and O–H groups in total. The van der Waals surface area contributed by atoms with E-state index in [2.05, 4.69) is 5.32 Å². The predicted molar refractivity (Wildman–Crippen MR) is 79.7 cm³/mol. The molecule has 2 unspecified atom stereocenters. The van der Waals surface area contributed by atoms with Crippen molar-refractivity contribution in [2.24, 2.45) is 0 Å². The molecular weight excluding hydrogens is 277 g/mol. The minimum absolute atomic E-state index is 0.128. The van der Waals surface area contributed by atoms with Gasteiger partial charge in [-0.2, -0.15) is 0 Å². The second-order valence-corrected chi connectivity index (χ2v) is 6.18. The van der Waals surface area contributed by atoms with E-state index in [-0.39, 0.29) is 17.8 Å². The quantitative estimate of drug-likeness (QED) is 0.909. The van der Waals surface area contributed by atoms with E-state index < -0.39 is 6.10 Å². The number of hydrogen-bond donors (Lipinski definition) is 2. The lowest BCUT2D eigenvalue weighted by atomic mass is 10.1. The first-order chi connectivity index (χ1) is 9.40. The van der Waals surface area contributed by atoms with E-state index in [0.29, 0.717) is 22.2 Å². The highest BCUT2D eigenvalue weighted by Gasteiger charge is 2.19. The van der Waals surface area contributed by atoms with Crippen LogP contribution < -0.4 is 5.32 Å². The van der Waals surface area contributed by atoms with Crippen LogP contribution in [0.15, 0.2) is 18.2 Å². The lowest BCUT2D eigenvalue weighted by Gasteiger charge is -2.15. The molecule has 1 aromatic carbocycles. The van der Waals surface area contributed by atoms with Gasteiger partial charge in [0.05, 0.1) is 11.0 Å². The van der Waals surface area contributed by atoms with Crippen molar-refractivity contribution < 1.29 is 14.3 Å². The summed E-state index contributed by atoms with van der Waals surface area (Å²) in [6.07, 6.45) is 0.0237. The van der Waals surface area contributed by atoms with Crippen molar-refractivity contribution in [3.63, 3.8) is 0 Å². The van der Waals surface area contributed by atoms with E-state index in [1.165, 1.54) is 17.4 Å². The summed E-state index contributed by atoms with van der Waals surface area (Å²) in [7, 11) is 0. The Morgan fingerprint density at radius 1 is 1.45 bits per heavy atom. The topological polar surface area (TPSA) is 49.3 Å². The highest BCUT2D eigenvalue weighted by Crippen LogP contribution is 2.32. The Morgan fingerprint density at radius 2 is 2.15 bits per heavy atom. The van der Waals surface area contributed by atoms with Crippen LogP contribution in [0, 0.1) is 12.7 Å². The van der Waals surface area contributed by atoms with Crippen molar-refractivity contribution in [3.05, 3.63) is 34.5 Å². The molecule has 2 aromatic rings. The Kier molecular flexibility index (Phi) is 4.40. The third kappa shape index (κ3) is 2.99. The first-order valence-corrected chi connectivity index (χ1v) is 7.38. The monoisotopic (exact) mass is 295 g/mol. The minimum atomic E-state index is -0.466. The molecule has 2 atom stereocenters. The zero-order valence-corrected chi connectivity index (χ0v) is 12.6. The van der Waals surface area contributed by atoms with Crippen molar-refractivity contribution in [1.29, 1.82) is 0 Å². The number of nitrogens with one attached hydrogen (secondary N) is 1. The SMILES string of the molecule is Cc1c(C(=O)NC(C)CC(C)O)sc2cccc(F)c12. The lowest BCUT2D eigenvalue weighted by Crippen LogP contribution is -2.34. The summed E-state index contributed by atoms with van der Waals surface area (Å²) in [4.78, 5) is 12.8. The van der Waals surface area contributed by atoms with Crippen LogP contribution in [0.4, 0.5) is 4.39 Å². The third-order valence-corrected chi connectivity index (χ3v) is 4.44. The van der Waals surface area contributed by atoms with Gasteiger partial charge in [0.15, 0.2) is 0 Å². The van der Waals surface area contributed by atoms with Gasteiger partial charge in [-0.3, -0.25) is 4.79 Å². The van der Waals surface area contributed by atoms with E-state index in [1.54, 1.807) is 19.9 Å². The number of amides is 1. The zero-order valence-electron chi connectivity index (χ0n) is 11.7. The van der Waals surface area contributed by atoms with E-state index in [4.69, 9.17) is 0 Å². The summed E-state index contributed by atoms with van der Waals surface area (Å²) < 4.78 is 14.6. The number of carbonyl (C=O) groups excluding carboxylic acids is 1. The predicted octanol–water partition coefficient (Wildman–Crippen LogP) is 3.24. The second-order valence-electron chi connectivity index (χ2n) is 5.13. The molecule has 20 heavy (non-hydrogen) atoms. The maximum Gasteiger partial charge on any atom is 0.261 e. The summed E-state index contributed by atoms with van der Waals surface area (Å²) in [5, 5.41) is 12.7. The lowest BCUT2D eigenvalue weighted by molar-refractivity contribution is 0.0926. The molecule has 0 spiro atoms. The Morgan fingerprint density at radius 3 is 2.75 bits per heavy atom. The smallest absolute Gasteiger partial charge is 0.261 e. The number of carbonyl (C=O) groups is 1. The molecule has 0 saturated heterocycles.